The Bertz CT molecular complexity index is 819. The van der Waals surface area contributed by atoms with E-state index in [1.54, 1.807) is 19.6 Å². The third-order valence-electron chi connectivity index (χ3n) is 3.67. The number of nitrogens with zero attached hydrogens (tertiary/aromatic N) is 2. The molecule has 0 atom stereocenters. The SMILES string of the molecule is COc1cc(/C=C/c2ccc(-n3ccnc3)cc2)cc(C)c1O. The predicted octanol–water partition coefficient (Wildman–Crippen LogP) is 4.07. The van der Waals surface area contributed by atoms with E-state index in [2.05, 4.69) is 17.1 Å². The molecule has 23 heavy (non-hydrogen) atoms. The largest absolute Gasteiger partial charge is 0.504 e. The van der Waals surface area contributed by atoms with E-state index in [0.29, 0.717) is 5.75 Å². The maximum Gasteiger partial charge on any atom is 0.161 e. The van der Waals surface area contributed by atoms with Crippen LogP contribution in [0.5, 0.6) is 11.5 Å². The second kappa shape index (κ2) is 6.40. The van der Waals surface area contributed by atoms with Crippen LogP contribution in [0.3, 0.4) is 0 Å². The van der Waals surface area contributed by atoms with Gasteiger partial charge in [0, 0.05) is 18.1 Å². The minimum Gasteiger partial charge on any atom is -0.504 e. The van der Waals surface area contributed by atoms with Crippen molar-refractivity contribution in [1.82, 2.24) is 9.55 Å². The summed E-state index contributed by atoms with van der Waals surface area (Å²) < 4.78 is 7.14. The summed E-state index contributed by atoms with van der Waals surface area (Å²) in [5.41, 5.74) is 3.94. The molecule has 116 valence electrons. The number of benzene rings is 2. The topological polar surface area (TPSA) is 47.3 Å². The van der Waals surface area contributed by atoms with Crippen molar-refractivity contribution in [2.24, 2.45) is 0 Å². The van der Waals surface area contributed by atoms with E-state index in [0.717, 1.165) is 22.4 Å². The van der Waals surface area contributed by atoms with Crippen LogP contribution in [-0.2, 0) is 0 Å². The van der Waals surface area contributed by atoms with Crippen LogP contribution in [0.2, 0.25) is 0 Å². The predicted molar refractivity (Wildman–Crippen MR) is 91.9 cm³/mol. The summed E-state index contributed by atoms with van der Waals surface area (Å²) in [4.78, 5) is 4.05. The molecule has 2 aromatic carbocycles. The maximum atomic E-state index is 9.87. The number of hydrogen-bond donors (Lipinski definition) is 1. The summed E-state index contributed by atoms with van der Waals surface area (Å²) in [6.07, 6.45) is 9.48. The molecule has 0 aliphatic rings. The molecule has 4 heteroatoms. The van der Waals surface area contributed by atoms with E-state index in [9.17, 15) is 5.11 Å². The first-order chi connectivity index (χ1) is 11.2. The van der Waals surface area contributed by atoms with Gasteiger partial charge >= 0.3 is 0 Å². The number of phenolic OH excluding ortho intramolecular Hbond substituents is 1. The Morgan fingerprint density at radius 1 is 1.09 bits per heavy atom. The zero-order valence-corrected chi connectivity index (χ0v) is 13.1. The molecule has 0 aliphatic heterocycles. The van der Waals surface area contributed by atoms with Gasteiger partial charge in [0.25, 0.3) is 0 Å². The molecule has 0 spiro atoms. The quantitative estimate of drug-likeness (QED) is 0.739. The molecule has 3 rings (SSSR count). The van der Waals surface area contributed by atoms with Crippen molar-refractivity contribution in [3.05, 3.63) is 71.8 Å². The average Bonchev–Trinajstić information content (AvgIpc) is 3.11. The molecule has 0 saturated heterocycles. The lowest BCUT2D eigenvalue weighted by atomic mass is 10.1. The van der Waals surface area contributed by atoms with Crippen LogP contribution in [0.4, 0.5) is 0 Å². The Morgan fingerprint density at radius 2 is 1.83 bits per heavy atom. The first kappa shape index (κ1) is 14.9. The standard InChI is InChI=1S/C19H18N2O2/c1-14-11-16(12-18(23-2)19(14)22)4-3-15-5-7-17(8-6-15)21-10-9-20-13-21/h3-13,22H,1-2H3/b4-3+. The Morgan fingerprint density at radius 3 is 2.48 bits per heavy atom. The van der Waals surface area contributed by atoms with Gasteiger partial charge in [0.05, 0.1) is 13.4 Å². The van der Waals surface area contributed by atoms with Crippen molar-refractivity contribution in [2.45, 2.75) is 6.92 Å². The number of imidazole rings is 1. The van der Waals surface area contributed by atoms with Crippen LogP contribution >= 0.6 is 0 Å². The summed E-state index contributed by atoms with van der Waals surface area (Å²) in [6, 6.07) is 11.9. The van der Waals surface area contributed by atoms with Crippen molar-refractivity contribution in [3.63, 3.8) is 0 Å². The maximum absolute atomic E-state index is 9.87. The molecule has 0 unspecified atom stereocenters. The van der Waals surface area contributed by atoms with Gasteiger partial charge in [-0.25, -0.2) is 4.98 Å². The zero-order valence-electron chi connectivity index (χ0n) is 13.1. The average molecular weight is 306 g/mol. The third kappa shape index (κ3) is 3.26. The van der Waals surface area contributed by atoms with E-state index in [4.69, 9.17) is 4.74 Å². The highest BCUT2D eigenvalue weighted by Gasteiger charge is 2.05. The first-order valence-electron chi connectivity index (χ1n) is 7.31. The highest BCUT2D eigenvalue weighted by atomic mass is 16.5. The second-order valence-corrected chi connectivity index (χ2v) is 5.28. The van der Waals surface area contributed by atoms with Crippen molar-refractivity contribution in [3.8, 4) is 17.2 Å². The fraction of sp³-hybridized carbons (Fsp3) is 0.105. The van der Waals surface area contributed by atoms with E-state index < -0.39 is 0 Å². The highest BCUT2D eigenvalue weighted by Crippen LogP contribution is 2.31. The molecular weight excluding hydrogens is 288 g/mol. The molecule has 1 aromatic heterocycles. The smallest absolute Gasteiger partial charge is 0.161 e. The van der Waals surface area contributed by atoms with Gasteiger partial charge in [-0.2, -0.15) is 0 Å². The van der Waals surface area contributed by atoms with Crippen molar-refractivity contribution < 1.29 is 9.84 Å². The normalized spacial score (nSPS) is 11.0. The van der Waals surface area contributed by atoms with Gasteiger partial charge in [0.15, 0.2) is 11.5 Å². The van der Waals surface area contributed by atoms with Crippen LogP contribution in [0.15, 0.2) is 55.1 Å². The zero-order chi connectivity index (χ0) is 16.2. The van der Waals surface area contributed by atoms with Gasteiger partial charge in [-0.1, -0.05) is 24.3 Å². The van der Waals surface area contributed by atoms with Crippen LogP contribution in [0.25, 0.3) is 17.8 Å². The Balaban J connectivity index is 1.81. The van der Waals surface area contributed by atoms with Gasteiger partial charge in [0.1, 0.15) is 0 Å². The highest BCUT2D eigenvalue weighted by molar-refractivity contribution is 5.72. The molecule has 0 bridgehead atoms. The van der Waals surface area contributed by atoms with Crippen molar-refractivity contribution >= 4 is 12.2 Å². The summed E-state index contributed by atoms with van der Waals surface area (Å²) >= 11 is 0. The minimum atomic E-state index is 0.189. The molecule has 3 aromatic rings. The molecule has 0 aliphatic carbocycles. The summed E-state index contributed by atoms with van der Waals surface area (Å²) in [7, 11) is 1.55. The Labute approximate surface area is 135 Å². The molecule has 0 amide bonds. The minimum absolute atomic E-state index is 0.189. The van der Waals surface area contributed by atoms with E-state index in [1.165, 1.54) is 0 Å². The number of aryl methyl sites for hydroxylation is 1. The fourth-order valence-electron chi connectivity index (χ4n) is 2.39. The lowest BCUT2D eigenvalue weighted by molar-refractivity contribution is 0.371. The van der Waals surface area contributed by atoms with Crippen molar-refractivity contribution in [1.29, 1.82) is 0 Å². The first-order valence-corrected chi connectivity index (χ1v) is 7.31. The van der Waals surface area contributed by atoms with Crippen LogP contribution in [0.1, 0.15) is 16.7 Å². The number of rotatable bonds is 4. The number of phenols is 1. The number of ether oxygens (including phenoxy) is 1. The number of methoxy groups -OCH3 is 1. The number of aromatic hydroxyl groups is 1. The van der Waals surface area contributed by atoms with Crippen LogP contribution in [-0.4, -0.2) is 21.8 Å². The van der Waals surface area contributed by atoms with Crippen LogP contribution in [0, 0.1) is 6.92 Å². The fourth-order valence-corrected chi connectivity index (χ4v) is 2.39. The van der Waals surface area contributed by atoms with E-state index in [1.807, 2.05) is 54.1 Å². The second-order valence-electron chi connectivity index (χ2n) is 5.28. The molecule has 0 radical (unpaired) electrons. The van der Waals surface area contributed by atoms with Gasteiger partial charge in [-0.3, -0.25) is 0 Å². The summed E-state index contributed by atoms with van der Waals surface area (Å²) in [5, 5.41) is 9.87. The van der Waals surface area contributed by atoms with E-state index >= 15 is 0 Å². The Hall–Kier alpha value is -3.01. The molecule has 0 fully saturated rings. The van der Waals surface area contributed by atoms with E-state index in [-0.39, 0.29) is 5.75 Å². The Kier molecular flexibility index (Phi) is 4.15. The van der Waals surface area contributed by atoms with Crippen LogP contribution < -0.4 is 4.74 Å². The lowest BCUT2D eigenvalue weighted by Gasteiger charge is -2.07. The van der Waals surface area contributed by atoms with Gasteiger partial charge in [-0.05, 0) is 47.9 Å². The van der Waals surface area contributed by atoms with Gasteiger partial charge in [0.2, 0.25) is 0 Å². The third-order valence-corrected chi connectivity index (χ3v) is 3.67. The molecule has 1 heterocycles. The summed E-state index contributed by atoms with van der Waals surface area (Å²) in [6.45, 7) is 1.86. The number of aromatic nitrogens is 2. The molecular formula is C19H18N2O2. The van der Waals surface area contributed by atoms with Gasteiger partial charge < -0.3 is 14.4 Å². The molecule has 4 nitrogen and oxygen atoms in total. The summed E-state index contributed by atoms with van der Waals surface area (Å²) in [5.74, 6) is 0.675. The number of hydrogen-bond acceptors (Lipinski definition) is 3. The van der Waals surface area contributed by atoms with Gasteiger partial charge in [-0.15, -0.1) is 0 Å². The van der Waals surface area contributed by atoms with Crippen molar-refractivity contribution in [2.75, 3.05) is 7.11 Å². The monoisotopic (exact) mass is 306 g/mol. The lowest BCUT2D eigenvalue weighted by Crippen LogP contribution is -1.89. The molecule has 1 N–H and O–H groups in total. The molecule has 0 saturated carbocycles.